The number of rotatable bonds is 7. The predicted octanol–water partition coefficient (Wildman–Crippen LogP) is 2.63. The number of hydrogen-bond donors (Lipinski definition) is 0. The number of amides is 1. The molecule has 7 heteroatoms. The first-order valence-corrected chi connectivity index (χ1v) is 7.50. The summed E-state index contributed by atoms with van der Waals surface area (Å²) in [5.41, 5.74) is 0.301. The van der Waals surface area contributed by atoms with Gasteiger partial charge in [0.15, 0.2) is 11.5 Å². The zero-order valence-corrected chi connectivity index (χ0v) is 14.8. The van der Waals surface area contributed by atoms with Gasteiger partial charge in [-0.25, -0.2) is 0 Å². The van der Waals surface area contributed by atoms with Gasteiger partial charge in [-0.3, -0.25) is 9.59 Å². The van der Waals surface area contributed by atoms with Gasteiger partial charge in [0.25, 0.3) is 5.91 Å². The van der Waals surface area contributed by atoms with E-state index >= 15 is 0 Å². The quantitative estimate of drug-likeness (QED) is 0.712. The molecule has 0 heterocycles. The van der Waals surface area contributed by atoms with Crippen molar-refractivity contribution in [1.82, 2.24) is 4.90 Å². The van der Waals surface area contributed by atoms with Crippen LogP contribution in [0.5, 0.6) is 11.5 Å². The average Bonchev–Trinajstić information content (AvgIpc) is 2.51. The van der Waals surface area contributed by atoms with Crippen LogP contribution in [0.1, 0.15) is 24.2 Å². The molecule has 0 unspecified atom stereocenters. The summed E-state index contributed by atoms with van der Waals surface area (Å²) in [6.45, 7) is 4.35. The number of carbonyl (C=O) groups excluding carboxylic acids is 2. The van der Waals surface area contributed by atoms with E-state index in [2.05, 4.69) is 4.74 Å². The summed E-state index contributed by atoms with van der Waals surface area (Å²) in [5.74, 6) is 0.216. The van der Waals surface area contributed by atoms with Crippen molar-refractivity contribution in [2.24, 2.45) is 5.92 Å². The van der Waals surface area contributed by atoms with Gasteiger partial charge in [0.1, 0.15) is 6.54 Å². The second-order valence-corrected chi connectivity index (χ2v) is 5.84. The predicted molar refractivity (Wildman–Crippen MR) is 87.3 cm³/mol. The highest BCUT2D eigenvalue weighted by Gasteiger charge is 2.20. The van der Waals surface area contributed by atoms with Crippen LogP contribution in [-0.4, -0.2) is 51.2 Å². The van der Waals surface area contributed by atoms with Gasteiger partial charge >= 0.3 is 5.97 Å². The number of hydrogen-bond acceptors (Lipinski definition) is 5. The lowest BCUT2D eigenvalue weighted by Gasteiger charge is -2.18. The molecule has 0 atom stereocenters. The van der Waals surface area contributed by atoms with E-state index in [4.69, 9.17) is 21.1 Å². The summed E-state index contributed by atoms with van der Waals surface area (Å²) in [6, 6.07) is 3.04. The summed E-state index contributed by atoms with van der Waals surface area (Å²) in [5, 5.41) is 0.278. The van der Waals surface area contributed by atoms with Crippen molar-refractivity contribution in [3.8, 4) is 11.5 Å². The zero-order valence-electron chi connectivity index (χ0n) is 14.0. The number of likely N-dealkylation sites (N-methyl/N-ethyl adjacent to an activating group) is 1. The van der Waals surface area contributed by atoms with Crippen molar-refractivity contribution in [3.63, 3.8) is 0 Å². The van der Waals surface area contributed by atoms with Crippen molar-refractivity contribution in [2.75, 3.05) is 34.4 Å². The van der Waals surface area contributed by atoms with Crippen molar-refractivity contribution < 1.29 is 23.8 Å². The third-order valence-electron chi connectivity index (χ3n) is 2.98. The minimum absolute atomic E-state index is 0.152. The molecule has 0 fully saturated rings. The summed E-state index contributed by atoms with van der Waals surface area (Å²) in [4.78, 5) is 24.9. The smallest absolute Gasteiger partial charge is 0.325 e. The number of esters is 1. The number of nitrogens with zero attached hydrogens (tertiary/aromatic N) is 1. The number of halogens is 1. The molecule has 0 bridgehead atoms. The van der Waals surface area contributed by atoms with E-state index in [0.29, 0.717) is 29.6 Å². The molecule has 0 aromatic heterocycles. The highest BCUT2D eigenvalue weighted by Crippen LogP contribution is 2.37. The molecule has 23 heavy (non-hydrogen) atoms. The van der Waals surface area contributed by atoms with E-state index in [1.807, 2.05) is 13.8 Å². The van der Waals surface area contributed by atoms with E-state index in [1.54, 1.807) is 0 Å². The standard InChI is InChI=1S/C16H22ClNO5/c1-10(2)9-23-15-12(17)6-11(7-13(15)21-4)16(20)18(3)8-14(19)22-5/h6-7,10H,8-9H2,1-5H3. The van der Waals surface area contributed by atoms with Gasteiger partial charge in [0, 0.05) is 12.6 Å². The van der Waals surface area contributed by atoms with Gasteiger partial charge in [-0.05, 0) is 18.1 Å². The lowest BCUT2D eigenvalue weighted by atomic mass is 10.1. The highest BCUT2D eigenvalue weighted by molar-refractivity contribution is 6.32. The minimum atomic E-state index is -0.504. The van der Waals surface area contributed by atoms with Gasteiger partial charge < -0.3 is 19.1 Å². The minimum Gasteiger partial charge on any atom is -0.493 e. The first-order valence-electron chi connectivity index (χ1n) is 7.12. The van der Waals surface area contributed by atoms with Gasteiger partial charge in [-0.1, -0.05) is 25.4 Å². The Morgan fingerprint density at radius 1 is 1.26 bits per heavy atom. The molecular weight excluding hydrogens is 322 g/mol. The van der Waals surface area contributed by atoms with Crippen molar-refractivity contribution >= 4 is 23.5 Å². The van der Waals surface area contributed by atoms with Crippen LogP contribution in [0.25, 0.3) is 0 Å². The van der Waals surface area contributed by atoms with Crippen LogP contribution in [-0.2, 0) is 9.53 Å². The number of carbonyl (C=O) groups is 2. The SMILES string of the molecule is COC(=O)CN(C)C(=O)c1cc(Cl)c(OCC(C)C)c(OC)c1. The van der Waals surface area contributed by atoms with Crippen LogP contribution in [0.2, 0.25) is 5.02 Å². The molecule has 0 aliphatic rings. The van der Waals surface area contributed by atoms with Crippen LogP contribution >= 0.6 is 11.6 Å². The van der Waals surface area contributed by atoms with E-state index in [1.165, 1.54) is 38.3 Å². The Morgan fingerprint density at radius 2 is 1.91 bits per heavy atom. The van der Waals surface area contributed by atoms with Crippen LogP contribution in [0.15, 0.2) is 12.1 Å². The van der Waals surface area contributed by atoms with Crippen LogP contribution in [0.3, 0.4) is 0 Å². The summed E-state index contributed by atoms with van der Waals surface area (Å²) in [6.07, 6.45) is 0. The lowest BCUT2D eigenvalue weighted by molar-refractivity contribution is -0.141. The Balaban J connectivity index is 3.03. The van der Waals surface area contributed by atoms with E-state index in [-0.39, 0.29) is 17.5 Å². The van der Waals surface area contributed by atoms with Crippen molar-refractivity contribution in [2.45, 2.75) is 13.8 Å². The molecule has 0 N–H and O–H groups in total. The first-order chi connectivity index (χ1) is 10.8. The molecule has 0 saturated heterocycles. The van der Waals surface area contributed by atoms with Crippen molar-refractivity contribution in [3.05, 3.63) is 22.7 Å². The van der Waals surface area contributed by atoms with E-state index in [9.17, 15) is 9.59 Å². The third-order valence-corrected chi connectivity index (χ3v) is 3.26. The molecule has 6 nitrogen and oxygen atoms in total. The lowest BCUT2D eigenvalue weighted by Crippen LogP contribution is -2.32. The first kappa shape index (κ1) is 19.1. The molecule has 1 amide bonds. The van der Waals surface area contributed by atoms with Crippen LogP contribution < -0.4 is 9.47 Å². The van der Waals surface area contributed by atoms with Crippen molar-refractivity contribution in [1.29, 1.82) is 0 Å². The molecular formula is C16H22ClNO5. The fourth-order valence-electron chi connectivity index (χ4n) is 1.78. The Hall–Kier alpha value is -1.95. The number of methoxy groups -OCH3 is 2. The fraction of sp³-hybridized carbons (Fsp3) is 0.500. The molecule has 1 rings (SSSR count). The third kappa shape index (κ3) is 5.32. The molecule has 0 spiro atoms. The second kappa shape index (κ2) is 8.62. The normalized spacial score (nSPS) is 10.4. The number of benzene rings is 1. The van der Waals surface area contributed by atoms with Gasteiger partial charge in [-0.2, -0.15) is 0 Å². The monoisotopic (exact) mass is 343 g/mol. The molecule has 1 aromatic carbocycles. The van der Waals surface area contributed by atoms with Gasteiger partial charge in [0.05, 0.1) is 25.8 Å². The Labute approximate surface area is 141 Å². The largest absolute Gasteiger partial charge is 0.493 e. The molecule has 0 aliphatic carbocycles. The molecule has 128 valence electrons. The topological polar surface area (TPSA) is 65.1 Å². The van der Waals surface area contributed by atoms with Gasteiger partial charge in [0.2, 0.25) is 0 Å². The maximum absolute atomic E-state index is 12.4. The Morgan fingerprint density at radius 3 is 2.43 bits per heavy atom. The van der Waals surface area contributed by atoms with Gasteiger partial charge in [-0.15, -0.1) is 0 Å². The average molecular weight is 344 g/mol. The zero-order chi connectivity index (χ0) is 17.6. The maximum Gasteiger partial charge on any atom is 0.325 e. The molecule has 0 radical (unpaired) electrons. The molecule has 0 aliphatic heterocycles. The molecule has 0 saturated carbocycles. The Kier molecular flexibility index (Phi) is 7.16. The fourth-order valence-corrected chi connectivity index (χ4v) is 2.05. The summed E-state index contributed by atoms with van der Waals surface area (Å²) >= 11 is 6.21. The maximum atomic E-state index is 12.4. The second-order valence-electron chi connectivity index (χ2n) is 5.43. The summed E-state index contributed by atoms with van der Waals surface area (Å²) in [7, 11) is 4.24. The number of ether oxygens (including phenoxy) is 3. The van der Waals surface area contributed by atoms with Crippen LogP contribution in [0.4, 0.5) is 0 Å². The van der Waals surface area contributed by atoms with E-state index in [0.717, 1.165) is 0 Å². The highest BCUT2D eigenvalue weighted by atomic mass is 35.5. The Bertz CT molecular complexity index is 574. The molecule has 1 aromatic rings. The van der Waals surface area contributed by atoms with E-state index < -0.39 is 5.97 Å². The van der Waals surface area contributed by atoms with Crippen LogP contribution in [0, 0.1) is 5.92 Å². The summed E-state index contributed by atoms with van der Waals surface area (Å²) < 4.78 is 15.4.